The van der Waals surface area contributed by atoms with Gasteiger partial charge in [-0.1, -0.05) is 44.2 Å². The van der Waals surface area contributed by atoms with Crippen molar-refractivity contribution in [3.63, 3.8) is 0 Å². The zero-order valence-corrected chi connectivity index (χ0v) is 19.4. The number of nitrogens with one attached hydrogen (secondary N) is 1. The van der Waals surface area contributed by atoms with Crippen molar-refractivity contribution in [1.29, 1.82) is 0 Å². The molecular formula is C23H29IN2O3. The maximum absolute atomic E-state index is 12.9. The van der Waals surface area contributed by atoms with E-state index in [1.54, 1.807) is 11.8 Å². The number of nitrogens with zero attached hydrogens (tertiary/aromatic N) is 1. The van der Waals surface area contributed by atoms with Crippen LogP contribution in [-0.2, 0) is 16.0 Å². The highest BCUT2D eigenvalue weighted by Crippen LogP contribution is 2.14. The number of benzene rings is 2. The van der Waals surface area contributed by atoms with E-state index < -0.39 is 6.04 Å². The Morgan fingerprint density at radius 1 is 1.03 bits per heavy atom. The molecule has 0 fully saturated rings. The number of rotatable bonds is 10. The van der Waals surface area contributed by atoms with E-state index in [0.717, 1.165) is 9.13 Å². The lowest BCUT2D eigenvalue weighted by Crippen LogP contribution is -2.50. The molecule has 0 heterocycles. The smallest absolute Gasteiger partial charge is 0.261 e. The van der Waals surface area contributed by atoms with Gasteiger partial charge in [-0.25, -0.2) is 0 Å². The van der Waals surface area contributed by atoms with Gasteiger partial charge >= 0.3 is 0 Å². The predicted molar refractivity (Wildman–Crippen MR) is 124 cm³/mol. The van der Waals surface area contributed by atoms with Gasteiger partial charge in [0, 0.05) is 16.7 Å². The summed E-state index contributed by atoms with van der Waals surface area (Å²) in [7, 11) is 0. The molecule has 0 saturated heterocycles. The molecule has 0 aromatic heterocycles. The van der Waals surface area contributed by atoms with E-state index in [4.69, 9.17) is 4.74 Å². The minimum atomic E-state index is -0.565. The minimum absolute atomic E-state index is 0.100. The van der Waals surface area contributed by atoms with Crippen LogP contribution in [0.15, 0.2) is 54.6 Å². The number of halogens is 1. The van der Waals surface area contributed by atoms with Crippen LogP contribution in [0.25, 0.3) is 0 Å². The lowest BCUT2D eigenvalue weighted by atomic mass is 10.1. The molecular weight excluding hydrogens is 479 g/mol. The molecule has 0 bridgehead atoms. The molecule has 2 aromatic rings. The van der Waals surface area contributed by atoms with Gasteiger partial charge in [-0.2, -0.15) is 0 Å². The summed E-state index contributed by atoms with van der Waals surface area (Å²) in [4.78, 5) is 27.1. The van der Waals surface area contributed by atoms with Crippen LogP contribution in [0.1, 0.15) is 26.3 Å². The van der Waals surface area contributed by atoms with Crippen LogP contribution in [0.4, 0.5) is 0 Å². The molecule has 0 aliphatic heterocycles. The van der Waals surface area contributed by atoms with E-state index in [9.17, 15) is 9.59 Å². The Bertz CT molecular complexity index is 778. The highest BCUT2D eigenvalue weighted by Gasteiger charge is 2.26. The summed E-state index contributed by atoms with van der Waals surface area (Å²) in [5.74, 6) is 0.642. The molecule has 2 rings (SSSR count). The van der Waals surface area contributed by atoms with Crippen LogP contribution in [0.5, 0.6) is 5.75 Å². The maximum atomic E-state index is 12.9. The molecule has 1 N–H and O–H groups in total. The number of ether oxygens (including phenoxy) is 1. The fourth-order valence-electron chi connectivity index (χ4n) is 2.78. The largest absolute Gasteiger partial charge is 0.484 e. The first-order valence-electron chi connectivity index (χ1n) is 9.86. The van der Waals surface area contributed by atoms with Gasteiger partial charge in [0.25, 0.3) is 5.91 Å². The number of hydrogen-bond donors (Lipinski definition) is 1. The molecule has 0 radical (unpaired) electrons. The standard InChI is InChI=1S/C23H29IN2O3/c1-17(2)15-25-23(28)18(3)26(14-13-19-7-5-4-6-8-19)22(27)16-29-21-11-9-20(24)10-12-21/h4-12,17-18H,13-16H2,1-3H3,(H,25,28)/t18-/m1/s1. The van der Waals surface area contributed by atoms with E-state index in [1.807, 2.05) is 68.4 Å². The molecule has 0 aliphatic rings. The second-order valence-electron chi connectivity index (χ2n) is 7.38. The summed E-state index contributed by atoms with van der Waals surface area (Å²) < 4.78 is 6.76. The molecule has 0 aliphatic carbocycles. The van der Waals surface area contributed by atoms with Crippen LogP contribution in [0, 0.1) is 9.49 Å². The Kier molecular flexibility index (Phi) is 9.44. The Morgan fingerprint density at radius 2 is 1.69 bits per heavy atom. The molecule has 29 heavy (non-hydrogen) atoms. The Labute approximate surface area is 187 Å². The third kappa shape index (κ3) is 8.04. The summed E-state index contributed by atoms with van der Waals surface area (Å²) in [5.41, 5.74) is 1.12. The number of amides is 2. The van der Waals surface area contributed by atoms with E-state index in [0.29, 0.717) is 31.2 Å². The van der Waals surface area contributed by atoms with Crippen molar-refractivity contribution in [3.8, 4) is 5.75 Å². The zero-order chi connectivity index (χ0) is 21.2. The monoisotopic (exact) mass is 508 g/mol. The first-order valence-corrected chi connectivity index (χ1v) is 10.9. The topological polar surface area (TPSA) is 58.6 Å². The second kappa shape index (κ2) is 11.8. The van der Waals surface area contributed by atoms with Crippen LogP contribution in [0.2, 0.25) is 0 Å². The van der Waals surface area contributed by atoms with Gasteiger partial charge in [-0.05, 0) is 71.7 Å². The highest BCUT2D eigenvalue weighted by molar-refractivity contribution is 14.1. The SMILES string of the molecule is CC(C)CNC(=O)[C@@H](C)N(CCc1ccccc1)C(=O)COc1ccc(I)cc1. The van der Waals surface area contributed by atoms with Gasteiger partial charge in [-0.15, -0.1) is 0 Å². The first kappa shape index (κ1) is 23.2. The van der Waals surface area contributed by atoms with Crippen molar-refractivity contribution in [2.45, 2.75) is 33.2 Å². The third-order valence-electron chi connectivity index (χ3n) is 4.51. The first-order chi connectivity index (χ1) is 13.9. The van der Waals surface area contributed by atoms with Crippen molar-refractivity contribution >= 4 is 34.4 Å². The van der Waals surface area contributed by atoms with Crippen molar-refractivity contribution in [2.75, 3.05) is 19.7 Å². The van der Waals surface area contributed by atoms with Crippen LogP contribution in [-0.4, -0.2) is 42.5 Å². The van der Waals surface area contributed by atoms with Crippen LogP contribution < -0.4 is 10.1 Å². The van der Waals surface area contributed by atoms with E-state index in [1.165, 1.54) is 0 Å². The van der Waals surface area contributed by atoms with Crippen LogP contribution in [0.3, 0.4) is 0 Å². The zero-order valence-electron chi connectivity index (χ0n) is 17.2. The van der Waals surface area contributed by atoms with Crippen molar-refractivity contribution in [2.24, 2.45) is 5.92 Å². The normalized spacial score (nSPS) is 11.8. The number of carbonyl (C=O) groups is 2. The number of hydrogen-bond acceptors (Lipinski definition) is 3. The molecule has 5 nitrogen and oxygen atoms in total. The average molecular weight is 508 g/mol. The molecule has 0 spiro atoms. The summed E-state index contributed by atoms with van der Waals surface area (Å²) in [6, 6.07) is 16.9. The van der Waals surface area contributed by atoms with E-state index in [-0.39, 0.29) is 18.4 Å². The fraction of sp³-hybridized carbons (Fsp3) is 0.391. The van der Waals surface area contributed by atoms with Gasteiger partial charge in [0.1, 0.15) is 11.8 Å². The molecule has 1 atom stereocenters. The molecule has 0 saturated carbocycles. The van der Waals surface area contributed by atoms with Gasteiger partial charge < -0.3 is 15.0 Å². The molecule has 2 amide bonds. The Balaban J connectivity index is 2.03. The average Bonchev–Trinajstić information content (AvgIpc) is 2.72. The summed E-state index contributed by atoms with van der Waals surface area (Å²) in [5, 5.41) is 2.92. The van der Waals surface area contributed by atoms with E-state index >= 15 is 0 Å². The van der Waals surface area contributed by atoms with Gasteiger partial charge in [0.15, 0.2) is 6.61 Å². The van der Waals surface area contributed by atoms with Crippen molar-refractivity contribution in [3.05, 3.63) is 63.7 Å². The summed E-state index contributed by atoms with van der Waals surface area (Å²) >= 11 is 2.22. The van der Waals surface area contributed by atoms with Crippen LogP contribution >= 0.6 is 22.6 Å². The van der Waals surface area contributed by atoms with Crippen molar-refractivity contribution < 1.29 is 14.3 Å². The lowest BCUT2D eigenvalue weighted by molar-refractivity contribution is -0.141. The number of carbonyl (C=O) groups excluding carboxylic acids is 2. The molecule has 0 unspecified atom stereocenters. The lowest BCUT2D eigenvalue weighted by Gasteiger charge is -2.29. The molecule has 6 heteroatoms. The highest BCUT2D eigenvalue weighted by atomic mass is 127. The Hall–Kier alpha value is -2.09. The third-order valence-corrected chi connectivity index (χ3v) is 5.23. The van der Waals surface area contributed by atoms with Crippen molar-refractivity contribution in [1.82, 2.24) is 10.2 Å². The van der Waals surface area contributed by atoms with Gasteiger partial charge in [0.2, 0.25) is 5.91 Å². The van der Waals surface area contributed by atoms with Gasteiger partial charge in [-0.3, -0.25) is 9.59 Å². The second-order valence-corrected chi connectivity index (χ2v) is 8.63. The summed E-state index contributed by atoms with van der Waals surface area (Å²) in [6.45, 7) is 6.79. The van der Waals surface area contributed by atoms with E-state index in [2.05, 4.69) is 27.9 Å². The predicted octanol–water partition coefficient (Wildman–Crippen LogP) is 3.90. The summed E-state index contributed by atoms with van der Waals surface area (Å²) in [6.07, 6.45) is 0.678. The maximum Gasteiger partial charge on any atom is 0.261 e. The quantitative estimate of drug-likeness (QED) is 0.496. The molecule has 2 aromatic carbocycles. The fourth-order valence-corrected chi connectivity index (χ4v) is 3.14. The molecule has 156 valence electrons. The minimum Gasteiger partial charge on any atom is -0.484 e. The Morgan fingerprint density at radius 3 is 2.31 bits per heavy atom. The van der Waals surface area contributed by atoms with Gasteiger partial charge in [0.05, 0.1) is 0 Å².